The summed E-state index contributed by atoms with van der Waals surface area (Å²) in [6.45, 7) is 5.91. The number of piperidine rings is 1. The first-order valence-electron chi connectivity index (χ1n) is 10.2. The maximum absolute atomic E-state index is 13.5. The molecule has 1 unspecified atom stereocenters. The van der Waals surface area contributed by atoms with E-state index in [1.165, 1.54) is 17.7 Å². The highest BCUT2D eigenvalue weighted by atomic mass is 19.1. The lowest BCUT2D eigenvalue weighted by Crippen LogP contribution is -2.39. The maximum atomic E-state index is 13.5. The van der Waals surface area contributed by atoms with Gasteiger partial charge in [-0.3, -0.25) is 9.69 Å². The van der Waals surface area contributed by atoms with Gasteiger partial charge in [0.25, 0.3) is 0 Å². The lowest BCUT2D eigenvalue weighted by Gasteiger charge is -2.30. The SMILES string of the molecule is Cc1ccc(NC(=O)CN2CCCC(c3nc(-c4cccc(F)c4)no3)C2)cc1C. The van der Waals surface area contributed by atoms with Crippen molar-refractivity contribution < 1.29 is 13.7 Å². The molecule has 1 N–H and O–H groups in total. The van der Waals surface area contributed by atoms with Crippen LogP contribution in [0.3, 0.4) is 0 Å². The number of anilines is 1. The van der Waals surface area contributed by atoms with Crippen LogP contribution >= 0.6 is 0 Å². The Kier molecular flexibility index (Phi) is 5.90. The van der Waals surface area contributed by atoms with Gasteiger partial charge in [0.1, 0.15) is 5.82 Å². The van der Waals surface area contributed by atoms with Crippen LogP contribution in [0.2, 0.25) is 0 Å². The first-order chi connectivity index (χ1) is 14.5. The van der Waals surface area contributed by atoms with Crippen molar-refractivity contribution in [1.82, 2.24) is 15.0 Å². The zero-order valence-electron chi connectivity index (χ0n) is 17.2. The van der Waals surface area contributed by atoms with E-state index in [-0.39, 0.29) is 17.6 Å². The molecule has 1 aliphatic rings. The van der Waals surface area contributed by atoms with E-state index in [0.29, 0.717) is 30.4 Å². The number of hydrogen-bond donors (Lipinski definition) is 1. The Morgan fingerprint density at radius 2 is 2.10 bits per heavy atom. The predicted octanol–water partition coefficient (Wildman–Crippen LogP) is 4.31. The number of amides is 1. The van der Waals surface area contributed by atoms with E-state index in [4.69, 9.17) is 4.52 Å². The predicted molar refractivity (Wildman–Crippen MR) is 113 cm³/mol. The molecule has 4 rings (SSSR count). The van der Waals surface area contributed by atoms with Gasteiger partial charge in [0.15, 0.2) is 0 Å². The molecule has 2 heterocycles. The molecular weight excluding hydrogens is 383 g/mol. The third-order valence-corrected chi connectivity index (χ3v) is 5.54. The first-order valence-corrected chi connectivity index (χ1v) is 10.2. The van der Waals surface area contributed by atoms with Crippen LogP contribution in [0.15, 0.2) is 47.0 Å². The van der Waals surface area contributed by atoms with E-state index in [1.807, 2.05) is 32.0 Å². The van der Waals surface area contributed by atoms with E-state index in [2.05, 4.69) is 20.4 Å². The average molecular weight is 408 g/mol. The molecule has 0 radical (unpaired) electrons. The fraction of sp³-hybridized carbons (Fsp3) is 0.348. The minimum Gasteiger partial charge on any atom is -0.339 e. The number of carbonyl (C=O) groups excluding carboxylic acids is 1. The molecule has 7 heteroatoms. The van der Waals surface area contributed by atoms with Crippen molar-refractivity contribution >= 4 is 11.6 Å². The summed E-state index contributed by atoms with van der Waals surface area (Å²) >= 11 is 0. The Labute approximate surface area is 175 Å². The molecule has 1 saturated heterocycles. The molecule has 1 fully saturated rings. The Bertz CT molecular complexity index is 1050. The second-order valence-electron chi connectivity index (χ2n) is 7.89. The van der Waals surface area contributed by atoms with Crippen molar-refractivity contribution in [3.63, 3.8) is 0 Å². The van der Waals surface area contributed by atoms with Crippen LogP contribution in [0.4, 0.5) is 10.1 Å². The summed E-state index contributed by atoms with van der Waals surface area (Å²) in [5, 5.41) is 6.98. The van der Waals surface area contributed by atoms with E-state index in [1.54, 1.807) is 12.1 Å². The van der Waals surface area contributed by atoms with Crippen LogP contribution in [0, 0.1) is 19.7 Å². The van der Waals surface area contributed by atoms with Crippen molar-refractivity contribution in [2.24, 2.45) is 0 Å². The lowest BCUT2D eigenvalue weighted by molar-refractivity contribution is -0.117. The highest BCUT2D eigenvalue weighted by Crippen LogP contribution is 2.27. The molecule has 1 aliphatic heterocycles. The molecule has 1 amide bonds. The molecule has 0 bridgehead atoms. The molecule has 0 saturated carbocycles. The topological polar surface area (TPSA) is 71.3 Å². The third kappa shape index (κ3) is 4.74. The van der Waals surface area contributed by atoms with Crippen LogP contribution in [0.25, 0.3) is 11.4 Å². The number of benzene rings is 2. The number of carbonyl (C=O) groups is 1. The van der Waals surface area contributed by atoms with Gasteiger partial charge >= 0.3 is 0 Å². The number of rotatable bonds is 5. The summed E-state index contributed by atoms with van der Waals surface area (Å²) < 4.78 is 18.9. The minimum atomic E-state index is -0.336. The Balaban J connectivity index is 1.37. The number of aromatic nitrogens is 2. The Morgan fingerprint density at radius 1 is 1.23 bits per heavy atom. The fourth-order valence-electron chi connectivity index (χ4n) is 3.77. The molecule has 156 valence electrons. The van der Waals surface area contributed by atoms with Crippen LogP contribution in [0.5, 0.6) is 0 Å². The third-order valence-electron chi connectivity index (χ3n) is 5.54. The van der Waals surface area contributed by atoms with Gasteiger partial charge in [0, 0.05) is 17.8 Å². The fourth-order valence-corrected chi connectivity index (χ4v) is 3.77. The number of likely N-dealkylation sites (tertiary alicyclic amines) is 1. The van der Waals surface area contributed by atoms with Gasteiger partial charge in [0.05, 0.1) is 12.5 Å². The number of nitrogens with zero attached hydrogens (tertiary/aromatic N) is 3. The largest absolute Gasteiger partial charge is 0.339 e. The molecular formula is C23H25FN4O2. The monoisotopic (exact) mass is 408 g/mol. The van der Waals surface area contributed by atoms with Crippen molar-refractivity contribution in [3.8, 4) is 11.4 Å². The molecule has 0 aliphatic carbocycles. The molecule has 6 nitrogen and oxygen atoms in total. The molecule has 2 aromatic carbocycles. The number of hydrogen-bond acceptors (Lipinski definition) is 5. The quantitative estimate of drug-likeness (QED) is 0.681. The molecule has 30 heavy (non-hydrogen) atoms. The van der Waals surface area contributed by atoms with Crippen LogP contribution in [-0.4, -0.2) is 40.6 Å². The Morgan fingerprint density at radius 3 is 2.90 bits per heavy atom. The van der Waals surface area contributed by atoms with Gasteiger partial charge in [-0.15, -0.1) is 0 Å². The van der Waals surface area contributed by atoms with Crippen LogP contribution in [0.1, 0.15) is 35.8 Å². The molecule has 0 spiro atoms. The van der Waals surface area contributed by atoms with Crippen molar-refractivity contribution in [3.05, 3.63) is 65.3 Å². The molecule has 1 atom stereocenters. The van der Waals surface area contributed by atoms with Gasteiger partial charge in [0.2, 0.25) is 17.6 Å². The normalized spacial score (nSPS) is 17.1. The highest BCUT2D eigenvalue weighted by molar-refractivity contribution is 5.92. The van der Waals surface area contributed by atoms with Gasteiger partial charge < -0.3 is 9.84 Å². The maximum Gasteiger partial charge on any atom is 0.238 e. The van der Waals surface area contributed by atoms with E-state index >= 15 is 0 Å². The zero-order chi connectivity index (χ0) is 21.1. The summed E-state index contributed by atoms with van der Waals surface area (Å²) in [6.07, 6.45) is 1.86. The van der Waals surface area contributed by atoms with Crippen LogP contribution < -0.4 is 5.32 Å². The Hall–Kier alpha value is -3.06. The van der Waals surface area contributed by atoms with E-state index in [0.717, 1.165) is 30.6 Å². The number of nitrogens with one attached hydrogen (secondary N) is 1. The second kappa shape index (κ2) is 8.75. The highest BCUT2D eigenvalue weighted by Gasteiger charge is 2.27. The first kappa shape index (κ1) is 20.2. The minimum absolute atomic E-state index is 0.0371. The summed E-state index contributed by atoms with van der Waals surface area (Å²) in [7, 11) is 0. The average Bonchev–Trinajstić information content (AvgIpc) is 3.21. The summed E-state index contributed by atoms with van der Waals surface area (Å²) in [5.41, 5.74) is 3.75. The molecule has 1 aromatic heterocycles. The van der Waals surface area contributed by atoms with Gasteiger partial charge in [-0.25, -0.2) is 4.39 Å². The van der Waals surface area contributed by atoms with Crippen molar-refractivity contribution in [2.75, 3.05) is 25.0 Å². The zero-order valence-corrected chi connectivity index (χ0v) is 17.2. The summed E-state index contributed by atoms with van der Waals surface area (Å²) in [5.74, 6) is 0.605. The summed E-state index contributed by atoms with van der Waals surface area (Å²) in [4.78, 5) is 19.1. The molecule has 3 aromatic rings. The van der Waals surface area contributed by atoms with Gasteiger partial charge in [-0.1, -0.05) is 23.4 Å². The summed E-state index contributed by atoms with van der Waals surface area (Å²) in [6, 6.07) is 12.1. The van der Waals surface area contributed by atoms with Crippen molar-refractivity contribution in [2.45, 2.75) is 32.6 Å². The van der Waals surface area contributed by atoms with Gasteiger partial charge in [-0.2, -0.15) is 4.98 Å². The lowest BCUT2D eigenvalue weighted by atomic mass is 9.98. The van der Waals surface area contributed by atoms with E-state index in [9.17, 15) is 9.18 Å². The standard InChI is InChI=1S/C23H25FN4O2/c1-15-8-9-20(11-16(15)2)25-21(29)14-28-10-4-6-18(13-28)23-26-22(27-30-23)17-5-3-7-19(24)12-17/h3,5,7-9,11-12,18H,4,6,10,13-14H2,1-2H3,(H,25,29). The number of halogens is 1. The van der Waals surface area contributed by atoms with Crippen LogP contribution in [-0.2, 0) is 4.79 Å². The van der Waals surface area contributed by atoms with Crippen molar-refractivity contribution in [1.29, 1.82) is 0 Å². The van der Waals surface area contributed by atoms with Gasteiger partial charge in [-0.05, 0) is 68.6 Å². The smallest absolute Gasteiger partial charge is 0.238 e. The van der Waals surface area contributed by atoms with E-state index < -0.39 is 0 Å². The number of aryl methyl sites for hydroxylation is 2. The second-order valence-corrected chi connectivity index (χ2v) is 7.89.